The van der Waals surface area contributed by atoms with E-state index in [2.05, 4.69) is 69.3 Å². The molecule has 5 rings (SSSR count). The first-order valence-electron chi connectivity index (χ1n) is 11.7. The van der Waals surface area contributed by atoms with Gasteiger partial charge in [0.05, 0.1) is 6.10 Å². The molecule has 30 heavy (non-hydrogen) atoms. The molecule has 0 aliphatic carbocycles. The van der Waals surface area contributed by atoms with Crippen LogP contribution in [0.15, 0.2) is 54.6 Å². The molecule has 3 aliphatic heterocycles. The molecule has 0 aromatic heterocycles. The SMILES string of the molecule is OC1CN(Cc2ccccc2)CC1N1CCC(CN2CCc3ccccc3C2)CC1. The number of aliphatic hydroxyl groups is 1. The fourth-order valence-electron chi connectivity index (χ4n) is 5.72. The highest BCUT2D eigenvalue weighted by Gasteiger charge is 2.37. The first-order valence-corrected chi connectivity index (χ1v) is 11.7. The van der Waals surface area contributed by atoms with E-state index in [1.54, 1.807) is 5.56 Å². The zero-order valence-electron chi connectivity index (χ0n) is 18.0. The van der Waals surface area contributed by atoms with Crippen molar-refractivity contribution in [2.24, 2.45) is 5.92 Å². The minimum atomic E-state index is -0.219. The predicted molar refractivity (Wildman–Crippen MR) is 121 cm³/mol. The molecule has 1 N–H and O–H groups in total. The predicted octanol–water partition coefficient (Wildman–Crippen LogP) is 3.00. The second-order valence-electron chi connectivity index (χ2n) is 9.55. The normalized spacial score (nSPS) is 26.7. The summed E-state index contributed by atoms with van der Waals surface area (Å²) in [6, 6.07) is 19.9. The van der Waals surface area contributed by atoms with Gasteiger partial charge in [-0.15, -0.1) is 0 Å². The number of rotatable bonds is 5. The quantitative estimate of drug-likeness (QED) is 0.828. The molecule has 0 saturated carbocycles. The van der Waals surface area contributed by atoms with E-state index in [-0.39, 0.29) is 6.10 Å². The van der Waals surface area contributed by atoms with Crippen LogP contribution in [0.3, 0.4) is 0 Å². The Morgan fingerprint density at radius 1 is 0.800 bits per heavy atom. The summed E-state index contributed by atoms with van der Waals surface area (Å²) in [5.41, 5.74) is 4.40. The molecule has 2 aromatic carbocycles. The summed E-state index contributed by atoms with van der Waals surface area (Å²) < 4.78 is 0. The molecule has 2 fully saturated rings. The highest BCUT2D eigenvalue weighted by molar-refractivity contribution is 5.29. The summed E-state index contributed by atoms with van der Waals surface area (Å²) in [6.07, 6.45) is 3.50. The Bertz CT molecular complexity index is 818. The number of hydrogen-bond acceptors (Lipinski definition) is 4. The van der Waals surface area contributed by atoms with Crippen LogP contribution in [0.4, 0.5) is 0 Å². The number of fused-ring (bicyclic) bond motifs is 1. The van der Waals surface area contributed by atoms with Gasteiger partial charge in [0.25, 0.3) is 0 Å². The van der Waals surface area contributed by atoms with Gasteiger partial charge in [0.1, 0.15) is 0 Å². The Labute approximate surface area is 181 Å². The minimum Gasteiger partial charge on any atom is -0.390 e. The number of β-amino-alcohol motifs (C(OH)–C–C–N with tert-alkyl or cyclic N) is 1. The molecule has 0 radical (unpaired) electrons. The number of likely N-dealkylation sites (tertiary alicyclic amines) is 2. The van der Waals surface area contributed by atoms with Crippen molar-refractivity contribution in [1.29, 1.82) is 0 Å². The Morgan fingerprint density at radius 3 is 2.33 bits per heavy atom. The van der Waals surface area contributed by atoms with Crippen molar-refractivity contribution < 1.29 is 5.11 Å². The lowest BCUT2D eigenvalue weighted by Gasteiger charge is -2.39. The molecular formula is C26H35N3O. The van der Waals surface area contributed by atoms with Crippen LogP contribution < -0.4 is 0 Å². The van der Waals surface area contributed by atoms with Gasteiger partial charge in [-0.25, -0.2) is 0 Å². The molecule has 2 atom stereocenters. The smallest absolute Gasteiger partial charge is 0.0834 e. The second-order valence-corrected chi connectivity index (χ2v) is 9.55. The molecule has 3 aliphatic rings. The van der Waals surface area contributed by atoms with Gasteiger partial charge in [-0.05, 0) is 55.0 Å². The Balaban J connectivity index is 1.09. The van der Waals surface area contributed by atoms with Crippen LogP contribution in [0, 0.1) is 5.92 Å². The third-order valence-corrected chi connectivity index (χ3v) is 7.43. The maximum Gasteiger partial charge on any atom is 0.0834 e. The molecule has 0 bridgehead atoms. The zero-order valence-corrected chi connectivity index (χ0v) is 18.0. The maximum absolute atomic E-state index is 10.7. The summed E-state index contributed by atoms with van der Waals surface area (Å²) in [5.74, 6) is 0.797. The average Bonchev–Trinajstić information content (AvgIpc) is 3.15. The number of nitrogens with zero attached hydrogens (tertiary/aromatic N) is 3. The van der Waals surface area contributed by atoms with Crippen molar-refractivity contribution >= 4 is 0 Å². The van der Waals surface area contributed by atoms with Gasteiger partial charge in [-0.1, -0.05) is 54.6 Å². The summed E-state index contributed by atoms with van der Waals surface area (Å²) in [4.78, 5) is 7.65. The Hall–Kier alpha value is -1.72. The molecule has 0 spiro atoms. The summed E-state index contributed by atoms with van der Waals surface area (Å²) in [5, 5.41) is 10.7. The van der Waals surface area contributed by atoms with Crippen LogP contribution >= 0.6 is 0 Å². The Morgan fingerprint density at radius 2 is 1.53 bits per heavy atom. The standard InChI is InChI=1S/C26H35N3O/c30-26-20-28(17-21-6-2-1-3-7-21)19-25(26)29-14-10-22(11-15-29)16-27-13-12-23-8-4-5-9-24(23)18-27/h1-9,22,25-26,30H,10-20H2. The van der Waals surface area contributed by atoms with Gasteiger partial charge in [-0.3, -0.25) is 14.7 Å². The first-order chi connectivity index (χ1) is 14.7. The van der Waals surface area contributed by atoms with Crippen molar-refractivity contribution in [1.82, 2.24) is 14.7 Å². The second kappa shape index (κ2) is 9.19. The maximum atomic E-state index is 10.7. The van der Waals surface area contributed by atoms with E-state index >= 15 is 0 Å². The lowest BCUT2D eigenvalue weighted by Crippen LogP contribution is -2.48. The fraction of sp³-hybridized carbons (Fsp3) is 0.538. The molecule has 4 nitrogen and oxygen atoms in total. The largest absolute Gasteiger partial charge is 0.390 e. The number of benzene rings is 2. The third kappa shape index (κ3) is 4.62. The van der Waals surface area contributed by atoms with E-state index in [4.69, 9.17) is 0 Å². The molecule has 2 aromatic rings. The molecule has 2 saturated heterocycles. The van der Waals surface area contributed by atoms with Crippen molar-refractivity contribution in [3.05, 3.63) is 71.3 Å². The third-order valence-electron chi connectivity index (χ3n) is 7.43. The van der Waals surface area contributed by atoms with Gasteiger partial charge in [0.15, 0.2) is 0 Å². The van der Waals surface area contributed by atoms with E-state index in [9.17, 15) is 5.11 Å². The minimum absolute atomic E-state index is 0.219. The molecular weight excluding hydrogens is 370 g/mol. The van der Waals surface area contributed by atoms with Crippen LogP contribution in [-0.4, -0.2) is 71.2 Å². The average molecular weight is 406 g/mol. The van der Waals surface area contributed by atoms with E-state index in [1.165, 1.54) is 43.5 Å². The number of hydrogen-bond donors (Lipinski definition) is 1. The van der Waals surface area contributed by atoms with Gasteiger partial charge >= 0.3 is 0 Å². The van der Waals surface area contributed by atoms with Gasteiger partial charge in [0.2, 0.25) is 0 Å². The Kier molecular flexibility index (Phi) is 6.19. The molecule has 4 heteroatoms. The molecule has 0 amide bonds. The van der Waals surface area contributed by atoms with Crippen molar-refractivity contribution in [2.75, 3.05) is 39.3 Å². The summed E-state index contributed by atoms with van der Waals surface area (Å²) in [7, 11) is 0. The summed E-state index contributed by atoms with van der Waals surface area (Å²) in [6.45, 7) is 8.55. The van der Waals surface area contributed by atoms with E-state index in [0.29, 0.717) is 6.04 Å². The first kappa shape index (κ1) is 20.2. The fourth-order valence-corrected chi connectivity index (χ4v) is 5.72. The highest BCUT2D eigenvalue weighted by atomic mass is 16.3. The zero-order chi connectivity index (χ0) is 20.3. The van der Waals surface area contributed by atoms with Crippen LogP contribution in [0.5, 0.6) is 0 Å². The lowest BCUT2D eigenvalue weighted by molar-refractivity contribution is 0.0513. The van der Waals surface area contributed by atoms with Crippen molar-refractivity contribution in [3.8, 4) is 0 Å². The monoisotopic (exact) mass is 405 g/mol. The molecule has 3 heterocycles. The topological polar surface area (TPSA) is 30.0 Å². The number of piperidine rings is 1. The van der Waals surface area contributed by atoms with Gasteiger partial charge < -0.3 is 5.11 Å². The van der Waals surface area contributed by atoms with Crippen LogP contribution in [0.1, 0.15) is 29.5 Å². The molecule has 2 unspecified atom stereocenters. The van der Waals surface area contributed by atoms with Crippen LogP contribution in [0.25, 0.3) is 0 Å². The van der Waals surface area contributed by atoms with E-state index in [1.807, 2.05) is 0 Å². The number of aliphatic hydroxyl groups excluding tert-OH is 1. The van der Waals surface area contributed by atoms with Crippen molar-refractivity contribution in [3.63, 3.8) is 0 Å². The highest BCUT2D eigenvalue weighted by Crippen LogP contribution is 2.27. The van der Waals surface area contributed by atoms with Crippen LogP contribution in [0.2, 0.25) is 0 Å². The van der Waals surface area contributed by atoms with E-state index in [0.717, 1.165) is 45.2 Å². The molecule has 160 valence electrons. The van der Waals surface area contributed by atoms with Crippen LogP contribution in [-0.2, 0) is 19.5 Å². The lowest BCUT2D eigenvalue weighted by atomic mass is 9.93. The van der Waals surface area contributed by atoms with Gasteiger partial charge in [0, 0.05) is 45.3 Å². The summed E-state index contributed by atoms with van der Waals surface area (Å²) >= 11 is 0. The van der Waals surface area contributed by atoms with Gasteiger partial charge in [-0.2, -0.15) is 0 Å². The van der Waals surface area contributed by atoms with E-state index < -0.39 is 0 Å². The van der Waals surface area contributed by atoms with Crippen molar-refractivity contribution in [2.45, 2.75) is 44.5 Å².